The normalized spacial score (nSPS) is 12.8. The summed E-state index contributed by atoms with van der Waals surface area (Å²) in [6.45, 7) is 6.26. The number of aliphatic imine (C=N–C) groups is 1. The zero-order chi connectivity index (χ0) is 11.8. The van der Waals surface area contributed by atoms with E-state index in [0.717, 1.165) is 25.5 Å². The Kier molecular flexibility index (Phi) is 9.53. The van der Waals surface area contributed by atoms with Gasteiger partial charge in [0.25, 0.3) is 0 Å². The van der Waals surface area contributed by atoms with Crippen molar-refractivity contribution >= 4 is 41.3 Å². The number of hydrogen-bond donors (Lipinski definition) is 2. The lowest BCUT2D eigenvalue weighted by Gasteiger charge is -2.14. The Bertz CT molecular complexity index is 312. The number of nitrogens with zero attached hydrogens (tertiary/aromatic N) is 1. The summed E-state index contributed by atoms with van der Waals surface area (Å²) in [7, 11) is 1.81. The number of guanidine groups is 1. The maximum atomic E-state index is 4.18. The second kappa shape index (κ2) is 9.70. The molecular formula is C12H22IN3S. The lowest BCUT2D eigenvalue weighted by Crippen LogP contribution is -2.39. The average molecular weight is 367 g/mol. The fourth-order valence-electron chi connectivity index (χ4n) is 1.39. The third-order valence-electron chi connectivity index (χ3n) is 2.37. The van der Waals surface area contributed by atoms with Crippen molar-refractivity contribution in [1.82, 2.24) is 10.6 Å². The highest BCUT2D eigenvalue weighted by molar-refractivity contribution is 14.0. The number of halogens is 1. The third kappa shape index (κ3) is 6.26. The van der Waals surface area contributed by atoms with Crippen LogP contribution < -0.4 is 10.6 Å². The molecule has 0 aliphatic heterocycles. The zero-order valence-corrected chi connectivity index (χ0v) is 13.8. The zero-order valence-electron chi connectivity index (χ0n) is 10.7. The van der Waals surface area contributed by atoms with Crippen LogP contribution in [0.1, 0.15) is 31.1 Å². The smallest absolute Gasteiger partial charge is 0.190 e. The first kappa shape index (κ1) is 16.7. The summed E-state index contributed by atoms with van der Waals surface area (Å²) in [5.74, 6) is 1.42. The molecule has 1 aromatic heterocycles. The molecule has 0 saturated heterocycles. The van der Waals surface area contributed by atoms with Crippen LogP contribution in [0.2, 0.25) is 0 Å². The Morgan fingerprint density at radius 2 is 2.24 bits per heavy atom. The first-order valence-corrected chi connectivity index (χ1v) is 6.63. The summed E-state index contributed by atoms with van der Waals surface area (Å²) in [5.41, 5.74) is 0. The molecule has 0 spiro atoms. The predicted molar refractivity (Wildman–Crippen MR) is 87.8 cm³/mol. The highest BCUT2D eigenvalue weighted by Gasteiger charge is 2.06. The van der Waals surface area contributed by atoms with Crippen molar-refractivity contribution in [3.05, 3.63) is 22.4 Å². The summed E-state index contributed by atoms with van der Waals surface area (Å²) >= 11 is 1.81. The molecule has 1 atom stereocenters. The van der Waals surface area contributed by atoms with E-state index in [9.17, 15) is 0 Å². The number of thiophene rings is 1. The summed E-state index contributed by atoms with van der Waals surface area (Å²) in [6.07, 6.45) is 1.11. The molecule has 0 aliphatic rings. The topological polar surface area (TPSA) is 36.4 Å². The molecule has 5 heteroatoms. The Labute approximate surface area is 125 Å². The van der Waals surface area contributed by atoms with E-state index < -0.39 is 0 Å². The molecule has 3 nitrogen and oxygen atoms in total. The van der Waals surface area contributed by atoms with Gasteiger partial charge in [-0.2, -0.15) is 0 Å². The highest BCUT2D eigenvalue weighted by Crippen LogP contribution is 2.19. The van der Waals surface area contributed by atoms with Gasteiger partial charge in [-0.3, -0.25) is 4.99 Å². The van der Waals surface area contributed by atoms with E-state index in [1.807, 2.05) is 11.3 Å². The monoisotopic (exact) mass is 367 g/mol. The third-order valence-corrected chi connectivity index (χ3v) is 3.47. The Morgan fingerprint density at radius 1 is 1.47 bits per heavy atom. The summed E-state index contributed by atoms with van der Waals surface area (Å²) in [5, 5.41) is 8.72. The van der Waals surface area contributed by atoms with Crippen molar-refractivity contribution in [2.45, 2.75) is 26.2 Å². The van der Waals surface area contributed by atoms with Crippen molar-refractivity contribution in [3.8, 4) is 0 Å². The van der Waals surface area contributed by atoms with Gasteiger partial charge in [-0.25, -0.2) is 0 Å². The second-order valence-corrected chi connectivity index (χ2v) is 4.78. The molecule has 98 valence electrons. The molecule has 17 heavy (non-hydrogen) atoms. The van der Waals surface area contributed by atoms with Crippen molar-refractivity contribution in [1.29, 1.82) is 0 Å². The van der Waals surface area contributed by atoms with Gasteiger partial charge < -0.3 is 10.6 Å². The molecule has 0 aliphatic carbocycles. The first-order valence-electron chi connectivity index (χ1n) is 5.75. The SMILES string of the molecule is CCCNC(=NC)NCC(C)c1cccs1.I. The number of nitrogens with one attached hydrogen (secondary N) is 2. The minimum absolute atomic E-state index is 0. The van der Waals surface area contributed by atoms with Crippen LogP contribution in [-0.2, 0) is 0 Å². The molecule has 1 rings (SSSR count). The largest absolute Gasteiger partial charge is 0.356 e. The maximum Gasteiger partial charge on any atom is 0.190 e. The quantitative estimate of drug-likeness (QED) is 0.477. The molecule has 1 unspecified atom stereocenters. The minimum atomic E-state index is 0. The van der Waals surface area contributed by atoms with Gasteiger partial charge in [-0.1, -0.05) is 19.9 Å². The van der Waals surface area contributed by atoms with Gasteiger partial charge >= 0.3 is 0 Å². The number of rotatable bonds is 5. The van der Waals surface area contributed by atoms with E-state index in [1.54, 1.807) is 7.05 Å². The molecule has 1 aromatic rings. The molecule has 0 saturated carbocycles. The molecule has 1 heterocycles. The van der Waals surface area contributed by atoms with Crippen molar-refractivity contribution in [2.75, 3.05) is 20.1 Å². The lowest BCUT2D eigenvalue weighted by molar-refractivity contribution is 0.704. The molecule has 0 fully saturated rings. The molecule has 0 radical (unpaired) electrons. The molecule has 0 aromatic carbocycles. The van der Waals surface area contributed by atoms with Crippen molar-refractivity contribution in [3.63, 3.8) is 0 Å². The molecule has 0 bridgehead atoms. The molecule has 0 amide bonds. The van der Waals surface area contributed by atoms with Crippen LogP contribution in [0.3, 0.4) is 0 Å². The van der Waals surface area contributed by atoms with E-state index in [0.29, 0.717) is 5.92 Å². The summed E-state index contributed by atoms with van der Waals surface area (Å²) in [6, 6.07) is 4.28. The van der Waals surface area contributed by atoms with Crippen LogP contribution in [0.25, 0.3) is 0 Å². The van der Waals surface area contributed by atoms with Gasteiger partial charge in [0.1, 0.15) is 0 Å². The maximum absolute atomic E-state index is 4.18. The summed E-state index contributed by atoms with van der Waals surface area (Å²) in [4.78, 5) is 5.59. The number of hydrogen-bond acceptors (Lipinski definition) is 2. The van der Waals surface area contributed by atoms with Crippen molar-refractivity contribution < 1.29 is 0 Å². The van der Waals surface area contributed by atoms with Gasteiger partial charge in [0.05, 0.1) is 0 Å². The fraction of sp³-hybridized carbons (Fsp3) is 0.583. The van der Waals surface area contributed by atoms with Crippen LogP contribution in [0, 0.1) is 0 Å². The Hall–Kier alpha value is -0.300. The predicted octanol–water partition coefficient (Wildman–Crippen LogP) is 3.04. The minimum Gasteiger partial charge on any atom is -0.356 e. The lowest BCUT2D eigenvalue weighted by atomic mass is 10.1. The summed E-state index contributed by atoms with van der Waals surface area (Å²) < 4.78 is 0. The Morgan fingerprint density at radius 3 is 2.76 bits per heavy atom. The van der Waals surface area contributed by atoms with Gasteiger partial charge in [0.15, 0.2) is 5.96 Å². The van der Waals surface area contributed by atoms with E-state index in [-0.39, 0.29) is 24.0 Å². The van der Waals surface area contributed by atoms with E-state index in [1.165, 1.54) is 4.88 Å². The standard InChI is InChI=1S/C12H21N3S.HI/c1-4-7-14-12(13-3)15-9-10(2)11-6-5-8-16-11;/h5-6,8,10H,4,7,9H2,1-3H3,(H2,13,14,15);1H. The van der Waals surface area contributed by atoms with E-state index >= 15 is 0 Å². The van der Waals surface area contributed by atoms with Crippen LogP contribution >= 0.6 is 35.3 Å². The van der Waals surface area contributed by atoms with Crippen LogP contribution in [-0.4, -0.2) is 26.1 Å². The average Bonchev–Trinajstić information content (AvgIpc) is 2.82. The van der Waals surface area contributed by atoms with Gasteiger partial charge in [0.2, 0.25) is 0 Å². The van der Waals surface area contributed by atoms with Gasteiger partial charge in [0, 0.05) is 30.9 Å². The van der Waals surface area contributed by atoms with Crippen LogP contribution in [0.15, 0.2) is 22.5 Å². The van der Waals surface area contributed by atoms with Crippen LogP contribution in [0.5, 0.6) is 0 Å². The first-order chi connectivity index (χ1) is 7.77. The van der Waals surface area contributed by atoms with E-state index in [2.05, 4.69) is 47.0 Å². The van der Waals surface area contributed by atoms with Gasteiger partial charge in [-0.05, 0) is 17.9 Å². The highest BCUT2D eigenvalue weighted by atomic mass is 127. The second-order valence-electron chi connectivity index (χ2n) is 3.80. The van der Waals surface area contributed by atoms with Crippen molar-refractivity contribution in [2.24, 2.45) is 4.99 Å². The van der Waals surface area contributed by atoms with E-state index in [4.69, 9.17) is 0 Å². The van der Waals surface area contributed by atoms with Crippen LogP contribution in [0.4, 0.5) is 0 Å². The molecule has 2 N–H and O–H groups in total. The Balaban J connectivity index is 0.00000256. The molecular weight excluding hydrogens is 345 g/mol. The van der Waals surface area contributed by atoms with Gasteiger partial charge in [-0.15, -0.1) is 35.3 Å². The fourth-order valence-corrected chi connectivity index (χ4v) is 2.17.